The van der Waals surface area contributed by atoms with Crippen LogP contribution in [0.4, 0.5) is 0 Å². The van der Waals surface area contributed by atoms with E-state index in [1.807, 2.05) is 6.92 Å². The number of fused-ring (bicyclic) bond motifs is 2. The predicted octanol–water partition coefficient (Wildman–Crippen LogP) is 2.95. The standard InChI is InChI=1S/C17H24O4/c1-11(18)21-17(2)10-13(12-6-4-3-5-7-12)16-14(19)8-9-15(17)20-16/h6,13,15-16H,3-5,7-10H2,1-2H3/t13-,15-,16-,17-/m1/s1. The lowest BCUT2D eigenvalue weighted by atomic mass is 9.70. The van der Waals surface area contributed by atoms with Crippen LogP contribution in [0, 0.1) is 5.92 Å². The van der Waals surface area contributed by atoms with Crippen LogP contribution in [0.2, 0.25) is 0 Å². The summed E-state index contributed by atoms with van der Waals surface area (Å²) in [5, 5.41) is 0. The molecule has 0 radical (unpaired) electrons. The third-order valence-corrected chi connectivity index (χ3v) is 5.13. The van der Waals surface area contributed by atoms with Gasteiger partial charge in [-0.3, -0.25) is 9.59 Å². The van der Waals surface area contributed by atoms with E-state index in [-0.39, 0.29) is 29.9 Å². The SMILES string of the molecule is CC(=O)O[C@]1(C)C[C@H](C2=CCCCC2)[C@H]2O[C@@H]1CCC2=O. The molecule has 2 heterocycles. The molecule has 0 saturated carbocycles. The van der Waals surface area contributed by atoms with Gasteiger partial charge >= 0.3 is 5.97 Å². The van der Waals surface area contributed by atoms with Crippen molar-refractivity contribution < 1.29 is 19.1 Å². The summed E-state index contributed by atoms with van der Waals surface area (Å²) in [5.41, 5.74) is 0.727. The first-order valence-corrected chi connectivity index (χ1v) is 8.06. The minimum atomic E-state index is -0.605. The van der Waals surface area contributed by atoms with E-state index in [2.05, 4.69) is 6.08 Å². The van der Waals surface area contributed by atoms with Gasteiger partial charge in [0.05, 0.1) is 6.10 Å². The van der Waals surface area contributed by atoms with Crippen molar-refractivity contribution in [3.8, 4) is 0 Å². The zero-order valence-electron chi connectivity index (χ0n) is 12.9. The molecule has 0 unspecified atom stereocenters. The molecule has 2 fully saturated rings. The molecule has 2 bridgehead atoms. The van der Waals surface area contributed by atoms with Crippen LogP contribution in [0.1, 0.15) is 58.8 Å². The summed E-state index contributed by atoms with van der Waals surface area (Å²) in [5.74, 6) is 0.0270. The van der Waals surface area contributed by atoms with E-state index in [1.54, 1.807) is 0 Å². The van der Waals surface area contributed by atoms with Crippen LogP contribution in [-0.2, 0) is 19.1 Å². The predicted molar refractivity (Wildman–Crippen MR) is 77.7 cm³/mol. The number of hydrogen-bond donors (Lipinski definition) is 0. The quantitative estimate of drug-likeness (QED) is 0.580. The number of ether oxygens (including phenoxy) is 2. The van der Waals surface area contributed by atoms with Gasteiger partial charge < -0.3 is 9.47 Å². The highest BCUT2D eigenvalue weighted by Crippen LogP contribution is 2.45. The molecule has 1 aliphatic carbocycles. The highest BCUT2D eigenvalue weighted by atomic mass is 16.6. The van der Waals surface area contributed by atoms with Crippen LogP contribution in [0.5, 0.6) is 0 Å². The van der Waals surface area contributed by atoms with E-state index in [1.165, 1.54) is 25.3 Å². The highest BCUT2D eigenvalue weighted by molar-refractivity contribution is 5.85. The molecule has 0 aromatic heterocycles. The summed E-state index contributed by atoms with van der Waals surface area (Å²) in [6.45, 7) is 3.40. The van der Waals surface area contributed by atoms with E-state index in [4.69, 9.17) is 9.47 Å². The Morgan fingerprint density at radius 3 is 2.86 bits per heavy atom. The van der Waals surface area contributed by atoms with Crippen LogP contribution in [-0.4, -0.2) is 29.6 Å². The van der Waals surface area contributed by atoms with Crippen molar-refractivity contribution in [2.24, 2.45) is 5.92 Å². The molecule has 0 spiro atoms. The number of rotatable bonds is 2. The molecular weight excluding hydrogens is 268 g/mol. The summed E-state index contributed by atoms with van der Waals surface area (Å²) in [6.07, 6.45) is 8.23. The Morgan fingerprint density at radius 2 is 2.19 bits per heavy atom. The second kappa shape index (κ2) is 5.56. The Labute approximate surface area is 125 Å². The summed E-state index contributed by atoms with van der Waals surface area (Å²) < 4.78 is 11.7. The van der Waals surface area contributed by atoms with Gasteiger partial charge in [0.25, 0.3) is 0 Å². The van der Waals surface area contributed by atoms with Crippen LogP contribution >= 0.6 is 0 Å². The van der Waals surface area contributed by atoms with Crippen molar-refractivity contribution in [1.29, 1.82) is 0 Å². The summed E-state index contributed by atoms with van der Waals surface area (Å²) in [4.78, 5) is 23.7. The summed E-state index contributed by atoms with van der Waals surface area (Å²) >= 11 is 0. The van der Waals surface area contributed by atoms with Crippen molar-refractivity contribution >= 4 is 11.8 Å². The van der Waals surface area contributed by atoms with Crippen LogP contribution in [0.25, 0.3) is 0 Å². The first-order chi connectivity index (χ1) is 9.99. The van der Waals surface area contributed by atoms with Gasteiger partial charge in [0, 0.05) is 19.3 Å². The van der Waals surface area contributed by atoms with Gasteiger partial charge in [-0.1, -0.05) is 11.6 Å². The van der Waals surface area contributed by atoms with Gasteiger partial charge in [0.15, 0.2) is 5.78 Å². The zero-order valence-corrected chi connectivity index (χ0v) is 12.9. The lowest BCUT2D eigenvalue weighted by Gasteiger charge is -2.50. The molecule has 4 nitrogen and oxygen atoms in total. The third-order valence-electron chi connectivity index (χ3n) is 5.13. The molecule has 116 valence electrons. The monoisotopic (exact) mass is 292 g/mol. The second-order valence-corrected chi connectivity index (χ2v) is 6.79. The molecule has 21 heavy (non-hydrogen) atoms. The van der Waals surface area contributed by atoms with Crippen LogP contribution in [0.3, 0.4) is 0 Å². The van der Waals surface area contributed by atoms with Gasteiger partial charge in [-0.25, -0.2) is 0 Å². The van der Waals surface area contributed by atoms with Crippen molar-refractivity contribution in [1.82, 2.24) is 0 Å². The van der Waals surface area contributed by atoms with E-state index in [9.17, 15) is 9.59 Å². The fourth-order valence-electron chi connectivity index (χ4n) is 4.14. The van der Waals surface area contributed by atoms with Crippen LogP contribution < -0.4 is 0 Å². The summed E-state index contributed by atoms with van der Waals surface area (Å²) in [6, 6.07) is 0. The van der Waals surface area contributed by atoms with Gasteiger partial charge in [0.2, 0.25) is 0 Å². The largest absolute Gasteiger partial charge is 0.457 e. The van der Waals surface area contributed by atoms with Gasteiger partial charge in [-0.05, 0) is 45.4 Å². The molecule has 4 heteroatoms. The Morgan fingerprint density at radius 1 is 1.38 bits per heavy atom. The molecule has 0 aromatic rings. The van der Waals surface area contributed by atoms with E-state index >= 15 is 0 Å². The minimum absolute atomic E-state index is 0.0821. The lowest BCUT2D eigenvalue weighted by molar-refractivity contribution is -0.219. The van der Waals surface area contributed by atoms with Crippen molar-refractivity contribution in [2.75, 3.05) is 0 Å². The smallest absolute Gasteiger partial charge is 0.303 e. The van der Waals surface area contributed by atoms with Crippen molar-refractivity contribution in [2.45, 2.75) is 76.6 Å². The average molecular weight is 292 g/mol. The first kappa shape index (κ1) is 14.8. The number of allylic oxidation sites excluding steroid dienone is 1. The average Bonchev–Trinajstić information content (AvgIpc) is 2.45. The maximum atomic E-state index is 12.2. The van der Waals surface area contributed by atoms with E-state index in [0.717, 1.165) is 12.8 Å². The molecule has 2 aliphatic heterocycles. The minimum Gasteiger partial charge on any atom is -0.457 e. The first-order valence-electron chi connectivity index (χ1n) is 8.06. The molecule has 3 rings (SSSR count). The maximum Gasteiger partial charge on any atom is 0.303 e. The Hall–Kier alpha value is -1.16. The van der Waals surface area contributed by atoms with Crippen molar-refractivity contribution in [3.63, 3.8) is 0 Å². The topological polar surface area (TPSA) is 52.6 Å². The Bertz CT molecular complexity index is 481. The fourth-order valence-corrected chi connectivity index (χ4v) is 4.14. The lowest BCUT2D eigenvalue weighted by Crippen LogP contribution is -2.59. The molecular formula is C17H24O4. The second-order valence-electron chi connectivity index (χ2n) is 6.79. The number of Topliss-reactive ketones (excluding diaryl/α,β-unsaturated/α-hetero) is 1. The number of ketones is 1. The highest BCUT2D eigenvalue weighted by Gasteiger charge is 2.53. The Kier molecular flexibility index (Phi) is 3.91. The fraction of sp³-hybridized carbons (Fsp3) is 0.765. The molecule has 3 aliphatic rings. The van der Waals surface area contributed by atoms with Gasteiger partial charge in [-0.15, -0.1) is 0 Å². The normalized spacial score (nSPS) is 39.6. The third kappa shape index (κ3) is 2.78. The molecule has 0 N–H and O–H groups in total. The number of hydrogen-bond acceptors (Lipinski definition) is 4. The van der Waals surface area contributed by atoms with E-state index in [0.29, 0.717) is 19.3 Å². The molecule has 0 amide bonds. The Balaban J connectivity index is 1.88. The molecule has 0 aromatic carbocycles. The number of carbonyl (C=O) groups excluding carboxylic acids is 2. The number of carbonyl (C=O) groups is 2. The summed E-state index contributed by atoms with van der Waals surface area (Å²) in [7, 11) is 0. The number of esters is 1. The molecule has 4 atom stereocenters. The van der Waals surface area contributed by atoms with E-state index < -0.39 is 5.60 Å². The molecule has 2 saturated heterocycles. The van der Waals surface area contributed by atoms with Crippen molar-refractivity contribution in [3.05, 3.63) is 11.6 Å². The van der Waals surface area contributed by atoms with Gasteiger partial charge in [-0.2, -0.15) is 0 Å². The van der Waals surface area contributed by atoms with Gasteiger partial charge in [0.1, 0.15) is 11.7 Å². The zero-order chi connectivity index (χ0) is 15.0. The maximum absolute atomic E-state index is 12.2. The van der Waals surface area contributed by atoms with Crippen LogP contribution in [0.15, 0.2) is 11.6 Å².